The van der Waals surface area contributed by atoms with Crippen molar-refractivity contribution in [1.82, 2.24) is 0 Å². The molecule has 0 unspecified atom stereocenters. The van der Waals surface area contributed by atoms with E-state index >= 15 is 0 Å². The summed E-state index contributed by atoms with van der Waals surface area (Å²) in [5, 5.41) is 1.44. The largest absolute Gasteiger partial charge is 0.462 e. The fraction of sp³-hybridized carbons (Fsp3) is 0.583. The normalized spacial score (nSPS) is 12.4. The molecule has 0 radical (unpaired) electrons. The summed E-state index contributed by atoms with van der Waals surface area (Å²) in [5.41, 5.74) is 0.166. The van der Waals surface area contributed by atoms with E-state index in [0.29, 0.717) is 12.0 Å². The molecule has 0 aliphatic carbocycles. The number of thiophene rings is 1. The topological polar surface area (TPSA) is 69.7 Å². The average Bonchev–Trinajstić information content (AvgIpc) is 2.70. The molecule has 114 valence electrons. The molecule has 0 saturated carbocycles. The fourth-order valence-electron chi connectivity index (χ4n) is 1.41. The molecule has 0 spiro atoms. The molecule has 1 aromatic heterocycles. The van der Waals surface area contributed by atoms with Gasteiger partial charge < -0.3 is 9.47 Å². The van der Waals surface area contributed by atoms with Gasteiger partial charge in [0.2, 0.25) is 0 Å². The van der Waals surface area contributed by atoms with Gasteiger partial charge in [-0.1, -0.05) is 0 Å². The van der Waals surface area contributed by atoms with Crippen LogP contribution in [-0.4, -0.2) is 33.7 Å². The Morgan fingerprint density at radius 2 is 2.05 bits per heavy atom. The van der Waals surface area contributed by atoms with Gasteiger partial charge in [0.1, 0.15) is 4.21 Å². The number of esters is 1. The van der Waals surface area contributed by atoms with Crippen molar-refractivity contribution in [3.8, 4) is 0 Å². The summed E-state index contributed by atoms with van der Waals surface area (Å²) in [4.78, 5) is 11.9. The number of halogens is 1. The molecule has 0 saturated heterocycles. The molecule has 0 bridgehead atoms. The Balaban J connectivity index is 2.73. The molecule has 0 aliphatic heterocycles. The Bertz CT molecular complexity index is 589. The van der Waals surface area contributed by atoms with Crippen molar-refractivity contribution < 1.29 is 22.7 Å². The number of hydrogen-bond donors (Lipinski definition) is 0. The first-order valence-corrected chi connectivity index (χ1v) is 9.02. The van der Waals surface area contributed by atoms with E-state index in [-0.39, 0.29) is 22.0 Å². The molecular formula is C12H17ClO5S2. The Labute approximate surface area is 127 Å². The highest BCUT2D eigenvalue weighted by molar-refractivity contribution is 8.15. The van der Waals surface area contributed by atoms with E-state index in [0.717, 1.165) is 11.3 Å². The Morgan fingerprint density at radius 3 is 2.50 bits per heavy atom. The lowest BCUT2D eigenvalue weighted by atomic mass is 10.1. The van der Waals surface area contributed by atoms with Crippen LogP contribution in [0, 0.1) is 6.92 Å². The van der Waals surface area contributed by atoms with Crippen LogP contribution in [0.5, 0.6) is 0 Å². The van der Waals surface area contributed by atoms with Crippen molar-refractivity contribution in [2.45, 2.75) is 37.0 Å². The number of carbonyl (C=O) groups is 1. The van der Waals surface area contributed by atoms with Crippen LogP contribution in [-0.2, 0) is 18.5 Å². The van der Waals surface area contributed by atoms with E-state index in [2.05, 4.69) is 0 Å². The Morgan fingerprint density at radius 1 is 1.45 bits per heavy atom. The Hall–Kier alpha value is -0.630. The summed E-state index contributed by atoms with van der Waals surface area (Å²) >= 11 is 0.910. The van der Waals surface area contributed by atoms with Gasteiger partial charge in [-0.15, -0.1) is 11.3 Å². The van der Waals surface area contributed by atoms with Crippen LogP contribution < -0.4 is 0 Å². The number of rotatable bonds is 6. The van der Waals surface area contributed by atoms with Crippen molar-refractivity contribution in [3.05, 3.63) is 16.5 Å². The van der Waals surface area contributed by atoms with Gasteiger partial charge in [-0.2, -0.15) is 0 Å². The summed E-state index contributed by atoms with van der Waals surface area (Å²) in [5.74, 6) is -0.558. The van der Waals surface area contributed by atoms with Gasteiger partial charge in [0.15, 0.2) is 0 Å². The SMILES string of the molecule is COC(C)(C)CCOC(=O)c1csc(S(=O)(=O)Cl)c1C. The second-order valence-corrected chi connectivity index (χ2v) is 8.49. The number of ether oxygens (including phenoxy) is 2. The maximum absolute atomic E-state index is 11.9. The third kappa shape index (κ3) is 4.44. The van der Waals surface area contributed by atoms with Crippen LogP contribution in [0.3, 0.4) is 0 Å². The van der Waals surface area contributed by atoms with Gasteiger partial charge in [-0.05, 0) is 26.3 Å². The highest BCUT2D eigenvalue weighted by atomic mass is 35.7. The van der Waals surface area contributed by atoms with Crippen LogP contribution in [0.25, 0.3) is 0 Å². The maximum atomic E-state index is 11.9. The molecule has 0 fully saturated rings. The van der Waals surface area contributed by atoms with Gasteiger partial charge in [-0.25, -0.2) is 13.2 Å². The zero-order chi connectivity index (χ0) is 15.6. The molecule has 5 nitrogen and oxygen atoms in total. The zero-order valence-electron chi connectivity index (χ0n) is 11.7. The number of methoxy groups -OCH3 is 1. The second kappa shape index (κ2) is 6.43. The first-order valence-electron chi connectivity index (χ1n) is 5.83. The smallest absolute Gasteiger partial charge is 0.339 e. The third-order valence-electron chi connectivity index (χ3n) is 2.93. The molecule has 20 heavy (non-hydrogen) atoms. The summed E-state index contributed by atoms with van der Waals surface area (Å²) < 4.78 is 32.9. The first-order chi connectivity index (χ1) is 9.08. The molecule has 1 rings (SSSR count). The first kappa shape index (κ1) is 17.4. The molecule has 0 amide bonds. The van der Waals surface area contributed by atoms with E-state index in [4.69, 9.17) is 20.2 Å². The lowest BCUT2D eigenvalue weighted by molar-refractivity contribution is -0.00563. The minimum atomic E-state index is -3.83. The van der Waals surface area contributed by atoms with Crippen molar-refractivity contribution in [1.29, 1.82) is 0 Å². The van der Waals surface area contributed by atoms with Crippen LogP contribution in [0.1, 0.15) is 36.2 Å². The number of carbonyl (C=O) groups excluding carboxylic acids is 1. The molecule has 1 aromatic rings. The van der Waals surface area contributed by atoms with Crippen LogP contribution in [0.15, 0.2) is 9.59 Å². The zero-order valence-corrected chi connectivity index (χ0v) is 14.1. The minimum Gasteiger partial charge on any atom is -0.462 e. The average molecular weight is 341 g/mol. The van der Waals surface area contributed by atoms with Gasteiger partial charge in [0.25, 0.3) is 9.05 Å². The van der Waals surface area contributed by atoms with Crippen molar-refractivity contribution in [2.24, 2.45) is 0 Å². The molecule has 8 heteroatoms. The predicted molar refractivity (Wildman–Crippen MR) is 78.1 cm³/mol. The van der Waals surface area contributed by atoms with E-state index in [9.17, 15) is 13.2 Å². The summed E-state index contributed by atoms with van der Waals surface area (Å²) in [7, 11) is 3.03. The van der Waals surface area contributed by atoms with Crippen molar-refractivity contribution in [2.75, 3.05) is 13.7 Å². The molecule has 0 N–H and O–H groups in total. The molecular weight excluding hydrogens is 324 g/mol. The number of hydrogen-bond acceptors (Lipinski definition) is 6. The maximum Gasteiger partial charge on any atom is 0.339 e. The molecule has 1 heterocycles. The molecule has 0 aromatic carbocycles. The van der Waals surface area contributed by atoms with Gasteiger partial charge in [0.05, 0.1) is 17.8 Å². The predicted octanol–water partition coefficient (Wildman–Crippen LogP) is 2.96. The van der Waals surface area contributed by atoms with Gasteiger partial charge in [0, 0.05) is 29.6 Å². The minimum absolute atomic E-state index is 0.0247. The highest BCUT2D eigenvalue weighted by Gasteiger charge is 2.23. The van der Waals surface area contributed by atoms with Crippen LogP contribution >= 0.6 is 22.0 Å². The van der Waals surface area contributed by atoms with Gasteiger partial charge >= 0.3 is 5.97 Å². The fourth-order valence-corrected chi connectivity index (χ4v) is 3.95. The monoisotopic (exact) mass is 340 g/mol. The Kier molecular flexibility index (Phi) is 5.60. The lowest BCUT2D eigenvalue weighted by Crippen LogP contribution is -2.25. The van der Waals surface area contributed by atoms with E-state index in [1.54, 1.807) is 7.11 Å². The summed E-state index contributed by atoms with van der Waals surface area (Å²) in [6, 6.07) is 0. The standard InChI is InChI=1S/C12H17ClO5S2/c1-8-9(7-19-11(8)20(13,15)16)10(14)18-6-5-12(2,3)17-4/h7H,5-6H2,1-4H3. The van der Waals surface area contributed by atoms with Crippen molar-refractivity contribution >= 4 is 37.0 Å². The lowest BCUT2D eigenvalue weighted by Gasteiger charge is -2.22. The van der Waals surface area contributed by atoms with Gasteiger partial charge in [-0.3, -0.25) is 0 Å². The highest BCUT2D eigenvalue weighted by Crippen LogP contribution is 2.29. The van der Waals surface area contributed by atoms with E-state index < -0.39 is 15.0 Å². The van der Waals surface area contributed by atoms with E-state index in [1.165, 1.54) is 12.3 Å². The quantitative estimate of drug-likeness (QED) is 0.588. The van der Waals surface area contributed by atoms with Crippen LogP contribution in [0.2, 0.25) is 0 Å². The molecule has 0 aliphatic rings. The second-order valence-electron chi connectivity index (χ2n) is 4.85. The van der Waals surface area contributed by atoms with E-state index in [1.807, 2.05) is 13.8 Å². The summed E-state index contributed by atoms with van der Waals surface area (Å²) in [6.45, 7) is 5.49. The van der Waals surface area contributed by atoms with Crippen LogP contribution in [0.4, 0.5) is 0 Å². The summed E-state index contributed by atoms with van der Waals surface area (Å²) in [6.07, 6.45) is 0.541. The molecule has 0 atom stereocenters. The van der Waals surface area contributed by atoms with Crippen molar-refractivity contribution in [3.63, 3.8) is 0 Å². The third-order valence-corrected chi connectivity index (χ3v) is 6.23.